The zero-order chi connectivity index (χ0) is 13.1. The average Bonchev–Trinajstić information content (AvgIpc) is 2.76. The Morgan fingerprint density at radius 1 is 1.56 bits per heavy atom. The highest BCUT2D eigenvalue weighted by atomic mass is 79.9. The quantitative estimate of drug-likeness (QED) is 0.773. The van der Waals surface area contributed by atoms with Crippen LogP contribution in [-0.4, -0.2) is 38.3 Å². The molecule has 1 aliphatic rings. The molecule has 1 amide bonds. The van der Waals surface area contributed by atoms with E-state index < -0.39 is 5.91 Å². The maximum absolute atomic E-state index is 11.5. The van der Waals surface area contributed by atoms with Gasteiger partial charge in [-0.3, -0.25) is 4.79 Å². The van der Waals surface area contributed by atoms with Crippen LogP contribution < -0.4 is 16.4 Å². The second-order valence-electron chi connectivity index (χ2n) is 4.21. The van der Waals surface area contributed by atoms with Crippen molar-refractivity contribution in [2.24, 2.45) is 5.73 Å². The first-order valence-corrected chi connectivity index (χ1v) is 6.51. The summed E-state index contributed by atoms with van der Waals surface area (Å²) in [5, 5.41) is 6.56. The molecule has 0 aliphatic carbocycles. The first-order valence-electron chi connectivity index (χ1n) is 5.72. The van der Waals surface area contributed by atoms with Crippen LogP contribution >= 0.6 is 15.9 Å². The van der Waals surface area contributed by atoms with Crippen LogP contribution in [0.5, 0.6) is 0 Å². The highest BCUT2D eigenvalue weighted by Crippen LogP contribution is 2.25. The van der Waals surface area contributed by atoms with Gasteiger partial charge < -0.3 is 21.1 Å². The monoisotopic (exact) mass is 313 g/mol. The first-order chi connectivity index (χ1) is 8.63. The number of rotatable bonds is 4. The standard InChI is InChI=1S/C12H16BrN3O2/c1-18-10-6-15-5-9(10)16-8-4-2-3-7(13)11(8)12(14)17/h2-4,9-10,15-16H,5-6H2,1H3,(H2,14,17)/t9?,10-/m0/s1. The minimum atomic E-state index is -0.454. The lowest BCUT2D eigenvalue weighted by atomic mass is 10.1. The number of ether oxygens (including phenoxy) is 1. The van der Waals surface area contributed by atoms with E-state index in [4.69, 9.17) is 10.5 Å². The van der Waals surface area contributed by atoms with Gasteiger partial charge in [-0.05, 0) is 28.1 Å². The molecule has 2 rings (SSSR count). The SMILES string of the molecule is CO[C@H]1CNCC1Nc1cccc(Br)c1C(N)=O. The van der Waals surface area contributed by atoms with Crippen molar-refractivity contribution in [2.75, 3.05) is 25.5 Å². The van der Waals surface area contributed by atoms with Crippen LogP contribution in [0.1, 0.15) is 10.4 Å². The van der Waals surface area contributed by atoms with Crippen molar-refractivity contribution in [3.63, 3.8) is 0 Å². The van der Waals surface area contributed by atoms with E-state index in [0.29, 0.717) is 10.0 Å². The summed E-state index contributed by atoms with van der Waals surface area (Å²) in [6.45, 7) is 1.59. The van der Waals surface area contributed by atoms with E-state index in [1.54, 1.807) is 13.2 Å². The Bertz CT molecular complexity index is 453. The van der Waals surface area contributed by atoms with Crippen LogP contribution in [0.15, 0.2) is 22.7 Å². The fourth-order valence-electron chi connectivity index (χ4n) is 2.14. The van der Waals surface area contributed by atoms with Crippen LogP contribution in [0.25, 0.3) is 0 Å². The molecule has 6 heteroatoms. The third-order valence-electron chi connectivity index (χ3n) is 3.06. The van der Waals surface area contributed by atoms with E-state index in [9.17, 15) is 4.79 Å². The highest BCUT2D eigenvalue weighted by Gasteiger charge is 2.27. The van der Waals surface area contributed by atoms with Crippen LogP contribution in [0.3, 0.4) is 0 Å². The summed E-state index contributed by atoms with van der Waals surface area (Å²) >= 11 is 3.34. The largest absolute Gasteiger partial charge is 0.378 e. The van der Waals surface area contributed by atoms with Crippen molar-refractivity contribution < 1.29 is 9.53 Å². The minimum absolute atomic E-state index is 0.0877. The van der Waals surface area contributed by atoms with Gasteiger partial charge in [-0.15, -0.1) is 0 Å². The zero-order valence-corrected chi connectivity index (χ0v) is 11.7. The molecule has 1 heterocycles. The highest BCUT2D eigenvalue weighted by molar-refractivity contribution is 9.10. The van der Waals surface area contributed by atoms with Gasteiger partial charge in [-0.1, -0.05) is 6.07 Å². The number of amides is 1. The van der Waals surface area contributed by atoms with Gasteiger partial charge in [0.1, 0.15) is 0 Å². The number of hydrogen-bond acceptors (Lipinski definition) is 4. The molecular weight excluding hydrogens is 298 g/mol. The molecule has 1 aliphatic heterocycles. The molecule has 2 atom stereocenters. The summed E-state index contributed by atoms with van der Waals surface area (Å²) in [6.07, 6.45) is 0.0877. The Labute approximate surface area is 114 Å². The van der Waals surface area contributed by atoms with E-state index in [2.05, 4.69) is 26.6 Å². The predicted octanol–water partition coefficient (Wildman–Crippen LogP) is 0.947. The number of carbonyl (C=O) groups is 1. The topological polar surface area (TPSA) is 76.4 Å². The lowest BCUT2D eigenvalue weighted by Gasteiger charge is -2.21. The van der Waals surface area contributed by atoms with E-state index >= 15 is 0 Å². The van der Waals surface area contributed by atoms with E-state index in [-0.39, 0.29) is 12.1 Å². The maximum Gasteiger partial charge on any atom is 0.251 e. The third-order valence-corrected chi connectivity index (χ3v) is 3.72. The lowest BCUT2D eigenvalue weighted by Crippen LogP contribution is -2.34. The zero-order valence-electron chi connectivity index (χ0n) is 10.1. The molecule has 0 aromatic heterocycles. The number of halogens is 1. The Kier molecular flexibility index (Phi) is 4.21. The lowest BCUT2D eigenvalue weighted by molar-refractivity contribution is 0.0999. The summed E-state index contributed by atoms with van der Waals surface area (Å²) in [5.41, 5.74) is 6.60. The molecule has 18 heavy (non-hydrogen) atoms. The van der Waals surface area contributed by atoms with Gasteiger partial charge in [-0.25, -0.2) is 0 Å². The number of primary amides is 1. The molecule has 1 aromatic carbocycles. The van der Waals surface area contributed by atoms with Crippen molar-refractivity contribution in [1.82, 2.24) is 5.32 Å². The summed E-state index contributed by atoms with van der Waals surface area (Å²) in [6, 6.07) is 5.63. The Morgan fingerprint density at radius 3 is 3.00 bits per heavy atom. The summed E-state index contributed by atoms with van der Waals surface area (Å²) in [4.78, 5) is 11.5. The number of hydrogen-bond donors (Lipinski definition) is 3. The van der Waals surface area contributed by atoms with Gasteiger partial charge in [0.05, 0.1) is 17.7 Å². The Morgan fingerprint density at radius 2 is 2.33 bits per heavy atom. The summed E-state index contributed by atoms with van der Waals surface area (Å²) in [7, 11) is 1.68. The predicted molar refractivity (Wildman–Crippen MR) is 73.7 cm³/mol. The van der Waals surface area contributed by atoms with Gasteiger partial charge in [0.15, 0.2) is 0 Å². The molecule has 1 fully saturated rings. The number of carbonyl (C=O) groups excluding carboxylic acids is 1. The van der Waals surface area contributed by atoms with Crippen LogP contribution in [0.2, 0.25) is 0 Å². The van der Waals surface area contributed by atoms with E-state index in [0.717, 1.165) is 18.8 Å². The first kappa shape index (κ1) is 13.3. The second kappa shape index (κ2) is 5.69. The maximum atomic E-state index is 11.5. The Balaban J connectivity index is 2.23. The average molecular weight is 314 g/mol. The Hall–Kier alpha value is -1.11. The number of benzene rings is 1. The fraction of sp³-hybridized carbons (Fsp3) is 0.417. The van der Waals surface area contributed by atoms with Gasteiger partial charge >= 0.3 is 0 Å². The number of nitrogens with two attached hydrogens (primary N) is 1. The molecule has 0 bridgehead atoms. The minimum Gasteiger partial charge on any atom is -0.378 e. The molecule has 1 aromatic rings. The molecule has 0 radical (unpaired) electrons. The smallest absolute Gasteiger partial charge is 0.251 e. The normalized spacial score (nSPS) is 23.0. The van der Waals surface area contributed by atoms with Crippen LogP contribution in [-0.2, 0) is 4.74 Å². The molecule has 0 spiro atoms. The molecule has 5 nitrogen and oxygen atoms in total. The molecule has 1 saturated heterocycles. The van der Waals surface area contributed by atoms with Crippen LogP contribution in [0.4, 0.5) is 5.69 Å². The van der Waals surface area contributed by atoms with Crippen molar-refractivity contribution >= 4 is 27.5 Å². The van der Waals surface area contributed by atoms with Crippen molar-refractivity contribution in [1.29, 1.82) is 0 Å². The van der Waals surface area contributed by atoms with E-state index in [1.807, 2.05) is 12.1 Å². The third kappa shape index (κ3) is 2.66. The van der Waals surface area contributed by atoms with Gasteiger partial charge in [0.2, 0.25) is 0 Å². The van der Waals surface area contributed by atoms with E-state index in [1.165, 1.54) is 0 Å². The molecular formula is C12H16BrN3O2. The van der Waals surface area contributed by atoms with Crippen molar-refractivity contribution in [3.8, 4) is 0 Å². The van der Waals surface area contributed by atoms with Crippen molar-refractivity contribution in [2.45, 2.75) is 12.1 Å². The number of methoxy groups -OCH3 is 1. The second-order valence-corrected chi connectivity index (χ2v) is 5.06. The van der Waals surface area contributed by atoms with Gasteiger partial charge in [0, 0.05) is 30.4 Å². The number of anilines is 1. The summed E-state index contributed by atoms with van der Waals surface area (Å²) in [5.74, 6) is -0.454. The molecule has 4 N–H and O–H groups in total. The van der Waals surface area contributed by atoms with Gasteiger partial charge in [0.25, 0.3) is 5.91 Å². The van der Waals surface area contributed by atoms with Crippen LogP contribution in [0, 0.1) is 0 Å². The summed E-state index contributed by atoms with van der Waals surface area (Å²) < 4.78 is 6.07. The van der Waals surface area contributed by atoms with Gasteiger partial charge in [-0.2, -0.15) is 0 Å². The van der Waals surface area contributed by atoms with Crippen molar-refractivity contribution in [3.05, 3.63) is 28.2 Å². The molecule has 98 valence electrons. The fourth-order valence-corrected chi connectivity index (χ4v) is 2.70. The molecule has 0 saturated carbocycles. The number of nitrogens with one attached hydrogen (secondary N) is 2. The molecule has 1 unspecified atom stereocenters.